The Balaban J connectivity index is 2.14. The minimum absolute atomic E-state index is 0.0444. The molecular formula is C20H28O6. The van der Waals surface area contributed by atoms with Crippen LogP contribution in [0.1, 0.15) is 53.9 Å². The number of fused-ring (bicyclic) bond motifs is 2. The lowest BCUT2D eigenvalue weighted by molar-refractivity contribution is -0.232. The first-order valence-electron chi connectivity index (χ1n) is 9.25. The number of rotatable bonds is 2. The van der Waals surface area contributed by atoms with Gasteiger partial charge in [-0.2, -0.15) is 0 Å². The molecule has 1 heterocycles. The zero-order valence-electron chi connectivity index (χ0n) is 16.0. The largest absolute Gasteiger partial charge is 0.454 e. The smallest absolute Gasteiger partial charge is 0.336 e. The molecular weight excluding hydrogens is 336 g/mol. The van der Waals surface area contributed by atoms with Gasteiger partial charge in [-0.3, -0.25) is 0 Å². The first kappa shape index (κ1) is 19.1. The molecule has 6 unspecified atom stereocenters. The van der Waals surface area contributed by atoms with Crippen molar-refractivity contribution >= 4 is 11.9 Å². The second kappa shape index (κ2) is 6.20. The normalized spacial score (nSPS) is 42.9. The van der Waals surface area contributed by atoms with Crippen molar-refractivity contribution in [1.29, 1.82) is 0 Å². The lowest BCUT2D eigenvalue weighted by Gasteiger charge is -2.57. The fraction of sp³-hybridized carbons (Fsp3) is 0.700. The third-order valence-electron chi connectivity index (χ3n) is 6.97. The monoisotopic (exact) mass is 364 g/mol. The molecule has 0 aromatic heterocycles. The van der Waals surface area contributed by atoms with E-state index in [-0.39, 0.29) is 23.8 Å². The van der Waals surface area contributed by atoms with E-state index in [4.69, 9.17) is 9.47 Å². The fourth-order valence-electron chi connectivity index (χ4n) is 4.88. The third-order valence-corrected chi connectivity index (χ3v) is 6.97. The van der Waals surface area contributed by atoms with Crippen molar-refractivity contribution in [1.82, 2.24) is 0 Å². The van der Waals surface area contributed by atoms with Crippen LogP contribution in [0.4, 0.5) is 0 Å². The second-order valence-electron chi connectivity index (χ2n) is 8.17. The molecule has 2 saturated carbocycles. The number of esters is 2. The van der Waals surface area contributed by atoms with Crippen molar-refractivity contribution in [3.05, 3.63) is 22.8 Å². The van der Waals surface area contributed by atoms with Crippen LogP contribution < -0.4 is 0 Å². The first-order valence-corrected chi connectivity index (χ1v) is 9.25. The minimum atomic E-state index is -1.73. The summed E-state index contributed by atoms with van der Waals surface area (Å²) in [6, 6.07) is 0. The fourth-order valence-corrected chi connectivity index (χ4v) is 4.88. The molecule has 0 amide bonds. The highest BCUT2D eigenvalue weighted by atomic mass is 16.7. The average molecular weight is 364 g/mol. The number of hydrogen-bond donors (Lipinski definition) is 2. The van der Waals surface area contributed by atoms with Gasteiger partial charge in [-0.15, -0.1) is 0 Å². The van der Waals surface area contributed by atoms with Gasteiger partial charge in [0.15, 0.2) is 0 Å². The summed E-state index contributed by atoms with van der Waals surface area (Å²) in [5.74, 6) is -3.01. The molecule has 0 aromatic carbocycles. The van der Waals surface area contributed by atoms with E-state index in [2.05, 4.69) is 0 Å². The van der Waals surface area contributed by atoms with Crippen molar-refractivity contribution in [2.75, 3.05) is 0 Å². The number of allylic oxidation sites excluding steroid dienone is 1. The number of ether oxygens (including phenoxy) is 2. The minimum Gasteiger partial charge on any atom is -0.454 e. The van der Waals surface area contributed by atoms with Crippen molar-refractivity contribution in [3.63, 3.8) is 0 Å². The third kappa shape index (κ3) is 2.54. The van der Waals surface area contributed by atoms with Crippen LogP contribution in [0, 0.1) is 17.3 Å². The molecule has 26 heavy (non-hydrogen) atoms. The van der Waals surface area contributed by atoms with Crippen LogP contribution in [-0.4, -0.2) is 40.1 Å². The van der Waals surface area contributed by atoms with E-state index in [1.54, 1.807) is 26.8 Å². The number of hydrogen-bond acceptors (Lipinski definition) is 6. The first-order chi connectivity index (χ1) is 12.1. The van der Waals surface area contributed by atoms with Crippen molar-refractivity contribution in [2.45, 2.75) is 71.9 Å². The maximum Gasteiger partial charge on any atom is 0.336 e. The van der Waals surface area contributed by atoms with E-state index in [1.165, 1.54) is 0 Å². The molecule has 2 aliphatic carbocycles. The summed E-state index contributed by atoms with van der Waals surface area (Å²) in [5, 5.41) is 21.6. The average Bonchev–Trinajstić information content (AvgIpc) is 2.81. The molecule has 1 aliphatic heterocycles. The maximum atomic E-state index is 12.5. The molecule has 0 saturated heterocycles. The molecule has 3 rings (SSSR count). The lowest BCUT2D eigenvalue weighted by atomic mass is 9.51. The number of aliphatic hydroxyl groups is 2. The van der Waals surface area contributed by atoms with Crippen molar-refractivity contribution < 1.29 is 29.3 Å². The molecule has 2 N–H and O–H groups in total. The zero-order valence-corrected chi connectivity index (χ0v) is 16.0. The van der Waals surface area contributed by atoms with Gasteiger partial charge in [0.2, 0.25) is 5.79 Å². The van der Waals surface area contributed by atoms with Gasteiger partial charge in [-0.25, -0.2) is 9.59 Å². The predicted octanol–water partition coefficient (Wildman–Crippen LogP) is 2.24. The Hall–Kier alpha value is -1.66. The summed E-state index contributed by atoms with van der Waals surface area (Å²) < 4.78 is 11.2. The molecule has 144 valence electrons. The van der Waals surface area contributed by atoms with Gasteiger partial charge < -0.3 is 19.7 Å². The standard InChI is InChI=1S/C20H28O6/c1-6-10(2)17(22)25-16-15-11(3)18(23)26-20(15,24)9-13-7-8-14(21)12(4)19(13,16)5/h6,12-14,16,21,24H,7-9H2,1-5H3/b10-6+. The van der Waals surface area contributed by atoms with E-state index < -0.39 is 35.3 Å². The number of carbonyl (C=O) groups excluding carboxylic acids is 2. The van der Waals surface area contributed by atoms with E-state index in [0.717, 1.165) is 0 Å². The summed E-state index contributed by atoms with van der Waals surface area (Å²) in [6.45, 7) is 8.92. The van der Waals surface area contributed by atoms with Gasteiger partial charge in [-0.1, -0.05) is 19.9 Å². The predicted molar refractivity (Wildman–Crippen MR) is 93.7 cm³/mol. The highest BCUT2D eigenvalue weighted by Crippen LogP contribution is 2.60. The highest BCUT2D eigenvalue weighted by Gasteiger charge is 2.65. The Morgan fingerprint density at radius 1 is 1.38 bits per heavy atom. The molecule has 0 spiro atoms. The zero-order chi connectivity index (χ0) is 19.4. The number of aliphatic hydroxyl groups excluding tert-OH is 1. The molecule has 6 atom stereocenters. The second-order valence-corrected chi connectivity index (χ2v) is 8.17. The lowest BCUT2D eigenvalue weighted by Crippen LogP contribution is -2.61. The molecule has 3 aliphatic rings. The summed E-state index contributed by atoms with van der Waals surface area (Å²) in [5.41, 5.74) is 0.472. The van der Waals surface area contributed by atoms with Gasteiger partial charge in [0.1, 0.15) is 6.10 Å². The van der Waals surface area contributed by atoms with Crippen LogP contribution >= 0.6 is 0 Å². The summed E-state index contributed by atoms with van der Waals surface area (Å²) in [6.07, 6.45) is 1.85. The summed E-state index contributed by atoms with van der Waals surface area (Å²) in [4.78, 5) is 24.7. The Kier molecular flexibility index (Phi) is 4.56. The van der Waals surface area contributed by atoms with Gasteiger partial charge >= 0.3 is 11.9 Å². The van der Waals surface area contributed by atoms with Gasteiger partial charge in [0, 0.05) is 23.0 Å². The SMILES string of the molecule is C/C=C(\C)C(=O)OC1C2=C(C)C(=O)OC2(O)CC2CCC(O)C(C)C21C. The topological polar surface area (TPSA) is 93.1 Å². The van der Waals surface area contributed by atoms with Gasteiger partial charge in [0.25, 0.3) is 0 Å². The van der Waals surface area contributed by atoms with Crippen molar-refractivity contribution in [2.24, 2.45) is 17.3 Å². The summed E-state index contributed by atoms with van der Waals surface area (Å²) >= 11 is 0. The molecule has 6 nitrogen and oxygen atoms in total. The van der Waals surface area contributed by atoms with Crippen LogP contribution in [0.25, 0.3) is 0 Å². The van der Waals surface area contributed by atoms with E-state index in [0.29, 0.717) is 24.0 Å². The molecule has 0 bridgehead atoms. The van der Waals surface area contributed by atoms with Crippen molar-refractivity contribution in [3.8, 4) is 0 Å². The molecule has 6 heteroatoms. The summed E-state index contributed by atoms with van der Waals surface area (Å²) in [7, 11) is 0. The molecule has 0 radical (unpaired) electrons. The Labute approximate surface area is 153 Å². The van der Waals surface area contributed by atoms with E-state index in [1.807, 2.05) is 13.8 Å². The molecule has 2 fully saturated rings. The maximum absolute atomic E-state index is 12.5. The Bertz CT molecular complexity index is 707. The van der Waals surface area contributed by atoms with Crippen LogP contribution in [0.2, 0.25) is 0 Å². The van der Waals surface area contributed by atoms with Crippen LogP contribution in [-0.2, 0) is 19.1 Å². The van der Waals surface area contributed by atoms with E-state index >= 15 is 0 Å². The van der Waals surface area contributed by atoms with Gasteiger partial charge in [-0.05, 0) is 45.4 Å². The Morgan fingerprint density at radius 2 is 2.04 bits per heavy atom. The highest BCUT2D eigenvalue weighted by molar-refractivity contribution is 5.93. The quantitative estimate of drug-likeness (QED) is 0.577. The number of carbonyl (C=O) groups is 2. The van der Waals surface area contributed by atoms with Crippen LogP contribution in [0.5, 0.6) is 0 Å². The Morgan fingerprint density at radius 3 is 2.65 bits per heavy atom. The van der Waals surface area contributed by atoms with Crippen LogP contribution in [0.3, 0.4) is 0 Å². The molecule has 0 aromatic rings. The van der Waals surface area contributed by atoms with Crippen LogP contribution in [0.15, 0.2) is 22.8 Å². The van der Waals surface area contributed by atoms with Gasteiger partial charge in [0.05, 0.1) is 11.7 Å². The van der Waals surface area contributed by atoms with E-state index in [9.17, 15) is 19.8 Å².